The number of nitrogens with two attached hydrogens (primary N) is 1. The van der Waals surface area contributed by atoms with Gasteiger partial charge >= 0.3 is 6.03 Å². The minimum absolute atomic E-state index is 0.151. The standard InChI is InChI=1S/C27H30N6O2S/c1-3-12-33(27(35)30-22-9-4-6-18(13-22)16-28)17(2)19-7-5-8-20(14-19)25(34)32-26-31-23-11-10-21(29)15-24(23)36-26/h4-9,13-14,17,21H,3,10-12,15,29H2,1-2H3,(H,30,35)(H,31,32,34). The normalized spacial score (nSPS) is 15.3. The molecule has 0 radical (unpaired) electrons. The van der Waals surface area contributed by atoms with E-state index in [4.69, 9.17) is 11.0 Å². The van der Waals surface area contributed by atoms with Gasteiger partial charge in [-0.15, -0.1) is 11.3 Å². The van der Waals surface area contributed by atoms with Crippen molar-refractivity contribution < 1.29 is 9.59 Å². The van der Waals surface area contributed by atoms with E-state index in [9.17, 15) is 9.59 Å². The van der Waals surface area contributed by atoms with Crippen LogP contribution in [0.3, 0.4) is 0 Å². The third kappa shape index (κ3) is 5.90. The molecule has 3 amide bonds. The van der Waals surface area contributed by atoms with Crippen LogP contribution in [-0.4, -0.2) is 34.4 Å². The average molecular weight is 503 g/mol. The van der Waals surface area contributed by atoms with Crippen LogP contribution < -0.4 is 16.4 Å². The predicted octanol–water partition coefficient (Wildman–Crippen LogP) is 5.09. The van der Waals surface area contributed by atoms with Gasteiger partial charge in [0, 0.05) is 28.7 Å². The van der Waals surface area contributed by atoms with Gasteiger partial charge in [-0.1, -0.05) is 25.1 Å². The highest BCUT2D eigenvalue weighted by Gasteiger charge is 2.23. The zero-order valence-corrected chi connectivity index (χ0v) is 21.3. The Kier molecular flexibility index (Phi) is 7.98. The van der Waals surface area contributed by atoms with E-state index in [1.165, 1.54) is 11.3 Å². The van der Waals surface area contributed by atoms with Crippen molar-refractivity contribution in [3.8, 4) is 6.07 Å². The number of nitrogens with one attached hydrogen (secondary N) is 2. The minimum Gasteiger partial charge on any atom is -0.327 e. The number of carbonyl (C=O) groups excluding carboxylic acids is 2. The number of aromatic nitrogens is 1. The molecule has 1 aliphatic carbocycles. The first-order valence-corrected chi connectivity index (χ1v) is 12.9. The van der Waals surface area contributed by atoms with Crippen LogP contribution >= 0.6 is 11.3 Å². The molecule has 186 valence electrons. The summed E-state index contributed by atoms with van der Waals surface area (Å²) in [7, 11) is 0. The van der Waals surface area contributed by atoms with Gasteiger partial charge in [-0.25, -0.2) is 9.78 Å². The van der Waals surface area contributed by atoms with Crippen LogP contribution in [0.1, 0.15) is 64.8 Å². The molecule has 0 fully saturated rings. The van der Waals surface area contributed by atoms with E-state index >= 15 is 0 Å². The number of anilines is 2. The monoisotopic (exact) mass is 502 g/mol. The number of hydrogen-bond donors (Lipinski definition) is 3. The van der Waals surface area contributed by atoms with Crippen molar-refractivity contribution >= 4 is 34.1 Å². The molecule has 2 aromatic carbocycles. The van der Waals surface area contributed by atoms with Crippen molar-refractivity contribution in [1.82, 2.24) is 9.88 Å². The van der Waals surface area contributed by atoms with E-state index in [0.29, 0.717) is 28.5 Å². The second-order valence-electron chi connectivity index (χ2n) is 8.96. The molecule has 0 spiro atoms. The summed E-state index contributed by atoms with van der Waals surface area (Å²) < 4.78 is 0. The molecule has 36 heavy (non-hydrogen) atoms. The van der Waals surface area contributed by atoms with E-state index in [0.717, 1.165) is 41.8 Å². The highest BCUT2D eigenvalue weighted by molar-refractivity contribution is 7.15. The van der Waals surface area contributed by atoms with Crippen LogP contribution in [0.5, 0.6) is 0 Å². The molecule has 9 heteroatoms. The van der Waals surface area contributed by atoms with Gasteiger partial charge < -0.3 is 16.0 Å². The Labute approximate surface area is 215 Å². The number of amides is 3. The molecule has 4 rings (SSSR count). The maximum absolute atomic E-state index is 13.1. The van der Waals surface area contributed by atoms with Crippen LogP contribution in [0.4, 0.5) is 15.6 Å². The fourth-order valence-electron chi connectivity index (χ4n) is 4.32. The van der Waals surface area contributed by atoms with Crippen molar-refractivity contribution in [1.29, 1.82) is 5.26 Å². The summed E-state index contributed by atoms with van der Waals surface area (Å²) in [6.07, 6.45) is 3.32. The zero-order chi connectivity index (χ0) is 25.7. The van der Waals surface area contributed by atoms with E-state index < -0.39 is 0 Å². The Morgan fingerprint density at radius 1 is 1.25 bits per heavy atom. The number of nitriles is 1. The van der Waals surface area contributed by atoms with Gasteiger partial charge in [0.2, 0.25) is 0 Å². The first-order valence-electron chi connectivity index (χ1n) is 12.1. The number of carbonyl (C=O) groups is 2. The van der Waals surface area contributed by atoms with Crippen molar-refractivity contribution in [3.05, 3.63) is 75.8 Å². The van der Waals surface area contributed by atoms with E-state index in [1.54, 1.807) is 35.2 Å². The summed E-state index contributed by atoms with van der Waals surface area (Å²) in [5, 5.41) is 15.5. The summed E-state index contributed by atoms with van der Waals surface area (Å²) in [4.78, 5) is 33.6. The molecule has 2 atom stereocenters. The minimum atomic E-state index is -0.273. The summed E-state index contributed by atoms with van der Waals surface area (Å²) in [5.74, 6) is -0.237. The lowest BCUT2D eigenvalue weighted by Gasteiger charge is -2.29. The van der Waals surface area contributed by atoms with Gasteiger partial charge in [0.05, 0.1) is 23.4 Å². The molecule has 3 aromatic rings. The molecule has 8 nitrogen and oxygen atoms in total. The molecular weight excluding hydrogens is 472 g/mol. The Morgan fingerprint density at radius 3 is 2.83 bits per heavy atom. The van der Waals surface area contributed by atoms with Gasteiger partial charge in [0.25, 0.3) is 5.91 Å². The van der Waals surface area contributed by atoms with E-state index in [2.05, 4.69) is 21.7 Å². The lowest BCUT2D eigenvalue weighted by molar-refractivity contribution is 0.102. The molecule has 1 aliphatic rings. The Morgan fingerprint density at radius 2 is 2.06 bits per heavy atom. The number of rotatable bonds is 7. The fraction of sp³-hybridized carbons (Fsp3) is 0.333. The smallest absolute Gasteiger partial charge is 0.322 e. The number of hydrogen-bond acceptors (Lipinski definition) is 6. The molecule has 0 bridgehead atoms. The second-order valence-corrected chi connectivity index (χ2v) is 10.0. The Hall–Kier alpha value is -3.74. The number of urea groups is 1. The lowest BCUT2D eigenvalue weighted by atomic mass is 9.99. The van der Waals surface area contributed by atoms with Crippen molar-refractivity contribution in [2.45, 2.75) is 51.6 Å². The number of thiazole rings is 1. The van der Waals surface area contributed by atoms with Gasteiger partial charge in [0.15, 0.2) is 5.13 Å². The Balaban J connectivity index is 1.48. The zero-order valence-electron chi connectivity index (χ0n) is 20.5. The summed E-state index contributed by atoms with van der Waals surface area (Å²) in [6, 6.07) is 15.8. The molecule has 0 aliphatic heterocycles. The maximum Gasteiger partial charge on any atom is 0.322 e. The fourth-order valence-corrected chi connectivity index (χ4v) is 5.41. The van der Waals surface area contributed by atoms with Crippen molar-refractivity contribution in [2.24, 2.45) is 5.73 Å². The highest BCUT2D eigenvalue weighted by atomic mass is 32.1. The topological polar surface area (TPSA) is 124 Å². The molecule has 4 N–H and O–H groups in total. The summed E-state index contributed by atoms with van der Waals surface area (Å²) in [5.41, 5.74) is 9.49. The molecule has 0 saturated heterocycles. The van der Waals surface area contributed by atoms with E-state index in [-0.39, 0.29) is 24.0 Å². The number of aryl methyl sites for hydroxylation is 1. The van der Waals surface area contributed by atoms with Crippen LogP contribution in [0.25, 0.3) is 0 Å². The number of nitrogens with zero attached hydrogens (tertiary/aromatic N) is 3. The molecule has 1 heterocycles. The third-order valence-electron chi connectivity index (χ3n) is 6.27. The number of fused-ring (bicyclic) bond motifs is 1. The molecule has 2 unspecified atom stereocenters. The molecular formula is C27H30N6O2S. The maximum atomic E-state index is 13.1. The van der Waals surface area contributed by atoms with Gasteiger partial charge in [0.1, 0.15) is 0 Å². The van der Waals surface area contributed by atoms with Crippen molar-refractivity contribution in [3.63, 3.8) is 0 Å². The van der Waals surface area contributed by atoms with Crippen LogP contribution in [0.2, 0.25) is 0 Å². The summed E-state index contributed by atoms with van der Waals surface area (Å²) in [6.45, 7) is 4.48. The van der Waals surface area contributed by atoms with Crippen molar-refractivity contribution in [2.75, 3.05) is 17.2 Å². The quantitative estimate of drug-likeness (QED) is 0.415. The third-order valence-corrected chi connectivity index (χ3v) is 7.30. The number of benzene rings is 2. The first kappa shape index (κ1) is 25.4. The van der Waals surface area contributed by atoms with Crippen LogP contribution in [-0.2, 0) is 12.8 Å². The average Bonchev–Trinajstić information content (AvgIpc) is 3.28. The highest BCUT2D eigenvalue weighted by Crippen LogP contribution is 2.30. The van der Waals surface area contributed by atoms with E-state index in [1.807, 2.05) is 32.0 Å². The van der Waals surface area contributed by atoms with Crippen LogP contribution in [0.15, 0.2) is 48.5 Å². The van der Waals surface area contributed by atoms with Crippen LogP contribution in [0, 0.1) is 11.3 Å². The SMILES string of the molecule is CCCN(C(=O)Nc1cccc(C#N)c1)C(C)c1cccc(C(=O)Nc2nc3c(s2)CC(N)CC3)c1. The van der Waals surface area contributed by atoms with Gasteiger partial charge in [-0.2, -0.15) is 5.26 Å². The van der Waals surface area contributed by atoms with Gasteiger partial charge in [-0.05, 0) is 68.5 Å². The Bertz CT molecular complexity index is 1300. The summed E-state index contributed by atoms with van der Waals surface area (Å²) >= 11 is 1.49. The second kappa shape index (κ2) is 11.3. The van der Waals surface area contributed by atoms with Gasteiger partial charge in [-0.3, -0.25) is 10.1 Å². The molecule has 0 saturated carbocycles. The molecule has 1 aromatic heterocycles. The lowest BCUT2D eigenvalue weighted by Crippen LogP contribution is -2.37. The first-order chi connectivity index (χ1) is 17.4. The largest absolute Gasteiger partial charge is 0.327 e. The predicted molar refractivity (Wildman–Crippen MR) is 142 cm³/mol.